The fraction of sp³-hybridized carbons (Fsp3) is 0.933. The lowest BCUT2D eigenvalue weighted by Gasteiger charge is -2.30. The fourth-order valence-corrected chi connectivity index (χ4v) is 3.98. The Balaban J connectivity index is 1.53. The van der Waals surface area contributed by atoms with Crippen LogP contribution in [0.5, 0.6) is 0 Å². The maximum Gasteiger partial charge on any atom is 0.172 e. The molecule has 22 heavy (non-hydrogen) atoms. The first-order chi connectivity index (χ1) is 10.2. The van der Waals surface area contributed by atoms with Crippen molar-refractivity contribution in [2.75, 3.05) is 6.61 Å². The molecule has 4 heterocycles. The van der Waals surface area contributed by atoms with Crippen LogP contribution in [0, 0.1) is 5.92 Å². The van der Waals surface area contributed by atoms with Gasteiger partial charge in [0.2, 0.25) is 0 Å². The summed E-state index contributed by atoms with van der Waals surface area (Å²) in [6.07, 6.45) is -3.38. The van der Waals surface area contributed by atoms with E-state index >= 15 is 0 Å². The number of ketones is 1. The fourth-order valence-electron chi connectivity index (χ4n) is 3.98. The molecule has 4 fully saturated rings. The van der Waals surface area contributed by atoms with Crippen molar-refractivity contribution in [2.45, 2.75) is 75.9 Å². The van der Waals surface area contributed by atoms with Crippen LogP contribution < -0.4 is 0 Å². The quantitative estimate of drug-likeness (QED) is 0.767. The Morgan fingerprint density at radius 2 is 1.73 bits per heavy atom. The standard InChI is InChI=1S/C15H22O7/c1-14(2)18-5-6(20-14)8(16)7-9(17)11-13-12(10(7)19-11)21-15(3,4)22-13/h6-8,10-13,16H,5H2,1-4H3/t6?,7-,8-,10-,11+,12-,13+/m0/s1. The number of hydrogen-bond donors (Lipinski definition) is 1. The summed E-state index contributed by atoms with van der Waals surface area (Å²) in [6, 6.07) is 0. The number of Topliss-reactive ketones (excluding diaryl/α,β-unsaturated/α-hetero) is 1. The predicted octanol–water partition coefficient (Wildman–Crippen LogP) is -0.0148. The van der Waals surface area contributed by atoms with Crippen LogP contribution in [0.1, 0.15) is 27.7 Å². The molecule has 7 nitrogen and oxygen atoms in total. The van der Waals surface area contributed by atoms with Crippen LogP contribution >= 0.6 is 0 Å². The topological polar surface area (TPSA) is 83.5 Å². The zero-order valence-electron chi connectivity index (χ0n) is 13.1. The van der Waals surface area contributed by atoms with E-state index in [-0.39, 0.29) is 24.6 Å². The number of carbonyl (C=O) groups excluding carboxylic acids is 1. The average Bonchev–Trinajstić information content (AvgIpc) is 3.07. The van der Waals surface area contributed by atoms with Gasteiger partial charge in [0, 0.05) is 0 Å². The highest BCUT2D eigenvalue weighted by molar-refractivity contribution is 5.90. The van der Waals surface area contributed by atoms with Crippen molar-refractivity contribution in [3.8, 4) is 0 Å². The molecule has 0 radical (unpaired) electrons. The third-order valence-corrected chi connectivity index (χ3v) is 4.83. The summed E-state index contributed by atoms with van der Waals surface area (Å²) in [6.45, 7) is 7.46. The highest BCUT2D eigenvalue weighted by atomic mass is 16.8. The van der Waals surface area contributed by atoms with Gasteiger partial charge in [-0.25, -0.2) is 0 Å². The van der Waals surface area contributed by atoms with E-state index in [9.17, 15) is 9.90 Å². The molecule has 0 aromatic carbocycles. The van der Waals surface area contributed by atoms with Gasteiger partial charge in [0.15, 0.2) is 17.4 Å². The van der Waals surface area contributed by atoms with Gasteiger partial charge in [-0.3, -0.25) is 4.79 Å². The summed E-state index contributed by atoms with van der Waals surface area (Å²) < 4.78 is 28.5. The lowest BCUT2D eigenvalue weighted by atomic mass is 9.79. The number of ether oxygens (including phenoxy) is 5. The molecule has 4 saturated heterocycles. The van der Waals surface area contributed by atoms with Crippen molar-refractivity contribution in [1.29, 1.82) is 0 Å². The van der Waals surface area contributed by atoms with Crippen molar-refractivity contribution >= 4 is 5.78 Å². The van der Waals surface area contributed by atoms with Crippen molar-refractivity contribution in [2.24, 2.45) is 5.92 Å². The van der Waals surface area contributed by atoms with Gasteiger partial charge in [0.05, 0.1) is 24.7 Å². The Hall–Kier alpha value is -0.570. The maximum absolute atomic E-state index is 12.6. The Morgan fingerprint density at radius 1 is 1.05 bits per heavy atom. The van der Waals surface area contributed by atoms with Gasteiger partial charge in [-0.15, -0.1) is 0 Å². The predicted molar refractivity (Wildman–Crippen MR) is 71.9 cm³/mol. The molecule has 0 aromatic heterocycles. The van der Waals surface area contributed by atoms with E-state index in [0.29, 0.717) is 0 Å². The molecule has 7 heteroatoms. The molecular weight excluding hydrogens is 292 g/mol. The SMILES string of the molecule is CC1(C)OCC([C@H](O)[C@H]2C(=O)[C@H]3O[C@@H]2[C@@H]2OC(C)(C)O[C@@H]23)O1. The zero-order chi connectivity index (χ0) is 15.9. The Kier molecular flexibility index (Phi) is 3.06. The van der Waals surface area contributed by atoms with Crippen LogP contribution in [0.2, 0.25) is 0 Å². The molecule has 1 unspecified atom stereocenters. The van der Waals surface area contributed by atoms with Gasteiger partial charge in [0.1, 0.15) is 24.4 Å². The van der Waals surface area contributed by atoms with Gasteiger partial charge in [-0.2, -0.15) is 0 Å². The van der Waals surface area contributed by atoms with Crippen LogP contribution in [0.15, 0.2) is 0 Å². The molecule has 2 bridgehead atoms. The highest BCUT2D eigenvalue weighted by Crippen LogP contribution is 2.48. The third-order valence-electron chi connectivity index (χ3n) is 4.83. The molecule has 0 spiro atoms. The first-order valence-electron chi connectivity index (χ1n) is 7.73. The lowest BCUT2D eigenvalue weighted by molar-refractivity contribution is -0.182. The van der Waals surface area contributed by atoms with E-state index in [0.717, 1.165) is 0 Å². The molecule has 1 N–H and O–H groups in total. The summed E-state index contributed by atoms with van der Waals surface area (Å²) >= 11 is 0. The molecule has 0 amide bonds. The maximum atomic E-state index is 12.6. The number of aliphatic hydroxyl groups is 1. The van der Waals surface area contributed by atoms with Crippen molar-refractivity contribution in [3.05, 3.63) is 0 Å². The minimum atomic E-state index is -0.975. The van der Waals surface area contributed by atoms with Crippen LogP contribution in [0.4, 0.5) is 0 Å². The van der Waals surface area contributed by atoms with Crippen LogP contribution in [-0.4, -0.2) is 65.7 Å². The summed E-state index contributed by atoms with van der Waals surface area (Å²) in [5.41, 5.74) is 0. The van der Waals surface area contributed by atoms with Gasteiger partial charge in [-0.05, 0) is 27.7 Å². The second-order valence-electron chi connectivity index (χ2n) is 7.37. The molecule has 4 rings (SSSR count). The van der Waals surface area contributed by atoms with E-state index in [1.807, 2.05) is 13.8 Å². The van der Waals surface area contributed by atoms with E-state index in [1.165, 1.54) is 0 Å². The molecule has 7 atom stereocenters. The molecule has 4 aliphatic rings. The molecule has 0 aliphatic carbocycles. The minimum Gasteiger partial charge on any atom is -0.389 e. The monoisotopic (exact) mass is 314 g/mol. The second kappa shape index (κ2) is 4.49. The highest BCUT2D eigenvalue weighted by Gasteiger charge is 2.67. The van der Waals surface area contributed by atoms with Gasteiger partial charge < -0.3 is 28.8 Å². The lowest BCUT2D eigenvalue weighted by Crippen LogP contribution is -2.52. The van der Waals surface area contributed by atoms with Crippen LogP contribution in [0.25, 0.3) is 0 Å². The molecule has 4 aliphatic heterocycles. The van der Waals surface area contributed by atoms with Crippen molar-refractivity contribution in [3.63, 3.8) is 0 Å². The summed E-state index contributed by atoms with van der Waals surface area (Å²) in [5, 5.41) is 10.6. The molecule has 0 saturated carbocycles. The first-order valence-corrected chi connectivity index (χ1v) is 7.73. The summed E-state index contributed by atoms with van der Waals surface area (Å²) in [4.78, 5) is 12.6. The van der Waals surface area contributed by atoms with Gasteiger partial charge in [-0.1, -0.05) is 0 Å². The molecule has 124 valence electrons. The van der Waals surface area contributed by atoms with E-state index in [2.05, 4.69) is 0 Å². The van der Waals surface area contributed by atoms with E-state index in [4.69, 9.17) is 23.7 Å². The normalized spacial score (nSPS) is 49.6. The van der Waals surface area contributed by atoms with Crippen LogP contribution in [-0.2, 0) is 28.5 Å². The Bertz CT molecular complexity index is 502. The number of hydrogen-bond acceptors (Lipinski definition) is 7. The number of aliphatic hydroxyl groups excluding tert-OH is 1. The van der Waals surface area contributed by atoms with Crippen molar-refractivity contribution < 1.29 is 33.6 Å². The summed E-state index contributed by atoms with van der Waals surface area (Å²) in [7, 11) is 0. The third kappa shape index (κ3) is 2.07. The van der Waals surface area contributed by atoms with Gasteiger partial charge in [0.25, 0.3) is 0 Å². The van der Waals surface area contributed by atoms with Gasteiger partial charge >= 0.3 is 0 Å². The van der Waals surface area contributed by atoms with Crippen LogP contribution in [0.3, 0.4) is 0 Å². The van der Waals surface area contributed by atoms with E-state index < -0.39 is 41.9 Å². The first kappa shape index (κ1) is 15.0. The Morgan fingerprint density at radius 3 is 2.36 bits per heavy atom. The minimum absolute atomic E-state index is 0.131. The molecular formula is C15H22O7. The zero-order valence-corrected chi connectivity index (χ0v) is 13.1. The number of rotatable bonds is 2. The number of fused-ring (bicyclic) bond motifs is 5. The second-order valence-corrected chi connectivity index (χ2v) is 7.37. The Labute approximate surface area is 128 Å². The summed E-state index contributed by atoms with van der Waals surface area (Å²) in [5.74, 6) is -2.27. The molecule has 0 aromatic rings. The number of carbonyl (C=O) groups is 1. The average molecular weight is 314 g/mol. The van der Waals surface area contributed by atoms with Crippen molar-refractivity contribution in [1.82, 2.24) is 0 Å². The smallest absolute Gasteiger partial charge is 0.172 e. The largest absolute Gasteiger partial charge is 0.389 e. The van der Waals surface area contributed by atoms with E-state index in [1.54, 1.807) is 13.8 Å².